The number of hydrogen-bond acceptors (Lipinski definition) is 6. The fourth-order valence-corrected chi connectivity index (χ4v) is 1.38. The van der Waals surface area contributed by atoms with Crippen LogP contribution in [0.25, 0.3) is 0 Å². The molecule has 0 atom stereocenters. The Kier molecular flexibility index (Phi) is 5.86. The maximum absolute atomic E-state index is 11.2. The quantitative estimate of drug-likeness (QED) is 0.613. The van der Waals surface area contributed by atoms with Crippen molar-refractivity contribution in [3.63, 3.8) is 0 Å². The molecule has 1 aromatic heterocycles. The van der Waals surface area contributed by atoms with Gasteiger partial charge in [0.15, 0.2) is 0 Å². The van der Waals surface area contributed by atoms with E-state index in [2.05, 4.69) is 14.5 Å². The molecule has 7 nitrogen and oxygen atoms in total. The second kappa shape index (κ2) is 7.44. The second-order valence-corrected chi connectivity index (χ2v) is 3.66. The first-order chi connectivity index (χ1) is 8.65. The topological polar surface area (TPSA) is 73.7 Å². The van der Waals surface area contributed by atoms with Crippen LogP contribution in [-0.4, -0.2) is 60.2 Å². The Morgan fingerprint density at radius 3 is 2.28 bits per heavy atom. The highest BCUT2D eigenvalue weighted by Gasteiger charge is 2.15. The number of rotatable bonds is 7. The summed E-state index contributed by atoms with van der Waals surface area (Å²) in [7, 11) is 2.63. The van der Waals surface area contributed by atoms with E-state index in [0.29, 0.717) is 13.1 Å². The molecule has 0 N–H and O–H groups in total. The summed E-state index contributed by atoms with van der Waals surface area (Å²) in [4.78, 5) is 28.0. The summed E-state index contributed by atoms with van der Waals surface area (Å²) in [5, 5.41) is 0. The van der Waals surface area contributed by atoms with Gasteiger partial charge in [0.25, 0.3) is 0 Å². The number of methoxy groups -OCH3 is 2. The summed E-state index contributed by atoms with van der Waals surface area (Å²) in [6, 6.07) is 0. The normalized spacial score (nSPS) is 10.4. The van der Waals surface area contributed by atoms with Gasteiger partial charge >= 0.3 is 11.9 Å². The molecule has 18 heavy (non-hydrogen) atoms. The number of esters is 2. The van der Waals surface area contributed by atoms with Crippen LogP contribution in [0.4, 0.5) is 0 Å². The third-order valence-electron chi connectivity index (χ3n) is 2.39. The molecular weight excluding hydrogens is 238 g/mol. The van der Waals surface area contributed by atoms with Crippen molar-refractivity contribution in [3.05, 3.63) is 18.7 Å². The van der Waals surface area contributed by atoms with E-state index in [4.69, 9.17) is 0 Å². The minimum Gasteiger partial charge on any atom is -0.468 e. The molecule has 0 bridgehead atoms. The fraction of sp³-hybridized carbons (Fsp3) is 0.545. The highest BCUT2D eigenvalue weighted by molar-refractivity contribution is 5.74. The molecule has 0 aliphatic carbocycles. The van der Waals surface area contributed by atoms with Gasteiger partial charge in [0.1, 0.15) is 0 Å². The Morgan fingerprint density at radius 2 is 1.83 bits per heavy atom. The van der Waals surface area contributed by atoms with E-state index in [9.17, 15) is 9.59 Å². The van der Waals surface area contributed by atoms with Gasteiger partial charge in [0.2, 0.25) is 0 Å². The first-order valence-electron chi connectivity index (χ1n) is 5.47. The Hall–Kier alpha value is -1.89. The van der Waals surface area contributed by atoms with Crippen LogP contribution in [-0.2, 0) is 25.6 Å². The van der Waals surface area contributed by atoms with E-state index < -0.39 is 0 Å². The molecule has 0 radical (unpaired) electrons. The molecule has 100 valence electrons. The van der Waals surface area contributed by atoms with Crippen molar-refractivity contribution >= 4 is 11.9 Å². The predicted octanol–water partition coefficient (Wildman–Crippen LogP) is -0.469. The monoisotopic (exact) mass is 255 g/mol. The first kappa shape index (κ1) is 14.2. The number of nitrogens with zero attached hydrogens (tertiary/aromatic N) is 3. The highest BCUT2D eigenvalue weighted by Crippen LogP contribution is 1.95. The predicted molar refractivity (Wildman–Crippen MR) is 62.7 cm³/mol. The van der Waals surface area contributed by atoms with Crippen LogP contribution < -0.4 is 0 Å². The lowest BCUT2D eigenvalue weighted by Crippen LogP contribution is -2.37. The van der Waals surface area contributed by atoms with Gasteiger partial charge < -0.3 is 14.0 Å². The van der Waals surface area contributed by atoms with Crippen molar-refractivity contribution < 1.29 is 19.1 Å². The third kappa shape index (κ3) is 4.96. The molecule has 0 aromatic carbocycles. The van der Waals surface area contributed by atoms with Gasteiger partial charge in [0.05, 0.1) is 33.6 Å². The van der Waals surface area contributed by atoms with E-state index >= 15 is 0 Å². The van der Waals surface area contributed by atoms with Crippen molar-refractivity contribution in [1.29, 1.82) is 0 Å². The molecule has 0 saturated carbocycles. The molecule has 0 amide bonds. The molecule has 0 aliphatic heterocycles. The summed E-state index contributed by atoms with van der Waals surface area (Å²) in [5.41, 5.74) is 0. The lowest BCUT2D eigenvalue weighted by atomic mass is 10.4. The van der Waals surface area contributed by atoms with Crippen LogP contribution >= 0.6 is 0 Å². The van der Waals surface area contributed by atoms with Gasteiger partial charge in [-0.3, -0.25) is 14.5 Å². The van der Waals surface area contributed by atoms with Crippen LogP contribution in [0.15, 0.2) is 18.7 Å². The summed E-state index contributed by atoms with van der Waals surface area (Å²) >= 11 is 0. The van der Waals surface area contributed by atoms with Crippen LogP contribution in [0.3, 0.4) is 0 Å². The summed E-state index contributed by atoms with van der Waals surface area (Å²) in [6.07, 6.45) is 5.16. The van der Waals surface area contributed by atoms with Gasteiger partial charge in [-0.2, -0.15) is 0 Å². The lowest BCUT2D eigenvalue weighted by molar-refractivity contribution is -0.145. The highest BCUT2D eigenvalue weighted by atomic mass is 16.5. The van der Waals surface area contributed by atoms with Crippen LogP contribution in [0, 0.1) is 0 Å². The fourth-order valence-electron chi connectivity index (χ4n) is 1.38. The number of aromatic nitrogens is 2. The number of hydrogen-bond donors (Lipinski definition) is 0. The van der Waals surface area contributed by atoms with Crippen molar-refractivity contribution in [2.45, 2.75) is 6.54 Å². The summed E-state index contributed by atoms with van der Waals surface area (Å²) < 4.78 is 11.0. The van der Waals surface area contributed by atoms with Gasteiger partial charge in [-0.15, -0.1) is 0 Å². The van der Waals surface area contributed by atoms with E-state index in [0.717, 1.165) is 0 Å². The zero-order valence-electron chi connectivity index (χ0n) is 10.5. The van der Waals surface area contributed by atoms with E-state index in [1.807, 2.05) is 10.8 Å². The Bertz CT molecular complexity index is 360. The van der Waals surface area contributed by atoms with Crippen LogP contribution in [0.2, 0.25) is 0 Å². The minimum atomic E-state index is -0.385. The molecular formula is C11H17N3O4. The zero-order chi connectivity index (χ0) is 13.4. The van der Waals surface area contributed by atoms with Gasteiger partial charge in [-0.05, 0) is 0 Å². The lowest BCUT2D eigenvalue weighted by Gasteiger charge is -2.19. The average molecular weight is 255 g/mol. The van der Waals surface area contributed by atoms with Crippen molar-refractivity contribution in [1.82, 2.24) is 14.5 Å². The molecule has 0 aliphatic rings. The van der Waals surface area contributed by atoms with Crippen molar-refractivity contribution in [3.8, 4) is 0 Å². The van der Waals surface area contributed by atoms with Crippen LogP contribution in [0.1, 0.15) is 0 Å². The molecule has 1 aromatic rings. The van der Waals surface area contributed by atoms with E-state index in [1.54, 1.807) is 17.4 Å². The maximum Gasteiger partial charge on any atom is 0.319 e. The Morgan fingerprint density at radius 1 is 1.22 bits per heavy atom. The second-order valence-electron chi connectivity index (χ2n) is 3.66. The molecule has 0 unspecified atom stereocenters. The summed E-state index contributed by atoms with van der Waals surface area (Å²) in [5.74, 6) is -0.769. The van der Waals surface area contributed by atoms with Gasteiger partial charge in [0, 0.05) is 25.5 Å². The standard InChI is InChI=1S/C11H17N3O4/c1-17-10(15)7-14(8-11(16)18-2)6-5-13-4-3-12-9-13/h3-4,9H,5-8H2,1-2H3. The number of carbonyl (C=O) groups is 2. The molecule has 0 fully saturated rings. The van der Waals surface area contributed by atoms with Gasteiger partial charge in [-0.1, -0.05) is 0 Å². The summed E-state index contributed by atoms with van der Waals surface area (Å²) in [6.45, 7) is 1.27. The van der Waals surface area contributed by atoms with E-state index in [1.165, 1.54) is 14.2 Å². The minimum absolute atomic E-state index is 0.0559. The number of carbonyl (C=O) groups excluding carboxylic acids is 2. The molecule has 0 saturated heterocycles. The van der Waals surface area contributed by atoms with E-state index in [-0.39, 0.29) is 25.0 Å². The smallest absolute Gasteiger partial charge is 0.319 e. The van der Waals surface area contributed by atoms with Crippen molar-refractivity contribution in [2.75, 3.05) is 33.9 Å². The number of ether oxygens (including phenoxy) is 2. The Labute approximate surface area is 105 Å². The third-order valence-corrected chi connectivity index (χ3v) is 2.39. The molecule has 1 heterocycles. The van der Waals surface area contributed by atoms with Crippen molar-refractivity contribution in [2.24, 2.45) is 0 Å². The van der Waals surface area contributed by atoms with Gasteiger partial charge in [-0.25, -0.2) is 4.98 Å². The largest absolute Gasteiger partial charge is 0.468 e. The number of imidazole rings is 1. The SMILES string of the molecule is COC(=O)CN(CCn1ccnc1)CC(=O)OC. The zero-order valence-corrected chi connectivity index (χ0v) is 10.5. The Balaban J connectivity index is 2.47. The van der Waals surface area contributed by atoms with Crippen LogP contribution in [0.5, 0.6) is 0 Å². The average Bonchev–Trinajstić information content (AvgIpc) is 2.88. The molecule has 7 heteroatoms. The molecule has 0 spiro atoms. The first-order valence-corrected chi connectivity index (χ1v) is 5.47. The maximum atomic E-state index is 11.2. The molecule has 1 rings (SSSR count).